The lowest BCUT2D eigenvalue weighted by atomic mass is 9.95. The molecule has 1 aromatic carbocycles. The predicted octanol–water partition coefficient (Wildman–Crippen LogP) is 2.83. The summed E-state index contributed by atoms with van der Waals surface area (Å²) in [6.45, 7) is 10.1. The van der Waals surface area contributed by atoms with Crippen LogP contribution in [0.3, 0.4) is 0 Å². The number of nitrogens with one attached hydrogen (secondary N) is 1. The van der Waals surface area contributed by atoms with Crippen molar-refractivity contribution in [3.05, 3.63) is 29.8 Å². The van der Waals surface area contributed by atoms with Crippen LogP contribution in [0, 0.1) is 0 Å². The third kappa shape index (κ3) is 2.81. The molecule has 0 saturated carbocycles. The predicted molar refractivity (Wildman–Crippen MR) is 74.7 cm³/mol. The van der Waals surface area contributed by atoms with Gasteiger partial charge in [-0.15, -0.1) is 0 Å². The van der Waals surface area contributed by atoms with E-state index >= 15 is 0 Å². The van der Waals surface area contributed by atoms with E-state index in [1.807, 2.05) is 0 Å². The molecule has 2 heteroatoms. The molecule has 17 heavy (non-hydrogen) atoms. The van der Waals surface area contributed by atoms with E-state index in [4.69, 9.17) is 0 Å². The molecule has 0 aromatic heterocycles. The lowest BCUT2D eigenvalue weighted by Gasteiger charge is -2.42. The lowest BCUT2D eigenvalue weighted by molar-refractivity contribution is 0.314. The van der Waals surface area contributed by atoms with Crippen molar-refractivity contribution in [2.75, 3.05) is 24.5 Å². The van der Waals surface area contributed by atoms with Crippen molar-refractivity contribution in [1.82, 2.24) is 5.32 Å². The molecule has 94 valence electrons. The standard InChI is InChI=1S/C15H24N2/c1-4-13-7-6-8-14(11-13)17-10-9-16-15(3,5-2)12-17/h6-8,11,16H,4-5,9-10,12H2,1-3H3. The number of anilines is 1. The Morgan fingerprint density at radius 1 is 1.35 bits per heavy atom. The van der Waals surface area contributed by atoms with E-state index in [1.54, 1.807) is 0 Å². The summed E-state index contributed by atoms with van der Waals surface area (Å²) in [5, 5.41) is 3.63. The molecule has 1 fully saturated rings. The summed E-state index contributed by atoms with van der Waals surface area (Å²) in [7, 11) is 0. The van der Waals surface area contributed by atoms with Crippen LogP contribution in [0.2, 0.25) is 0 Å². The molecule has 0 aliphatic carbocycles. The van der Waals surface area contributed by atoms with Crippen LogP contribution >= 0.6 is 0 Å². The van der Waals surface area contributed by atoms with E-state index in [9.17, 15) is 0 Å². The third-order valence-corrected chi connectivity index (χ3v) is 3.94. The molecule has 1 saturated heterocycles. The van der Waals surface area contributed by atoms with Crippen molar-refractivity contribution in [3.8, 4) is 0 Å². The molecular formula is C15H24N2. The molecule has 0 spiro atoms. The minimum absolute atomic E-state index is 0.264. The molecule has 1 aliphatic rings. The van der Waals surface area contributed by atoms with E-state index in [0.29, 0.717) is 0 Å². The van der Waals surface area contributed by atoms with Gasteiger partial charge in [-0.25, -0.2) is 0 Å². The first-order chi connectivity index (χ1) is 8.17. The number of aryl methyl sites for hydroxylation is 1. The number of hydrogen-bond donors (Lipinski definition) is 1. The van der Waals surface area contributed by atoms with Crippen molar-refractivity contribution in [1.29, 1.82) is 0 Å². The first kappa shape index (κ1) is 12.4. The molecule has 0 radical (unpaired) electrons. The lowest BCUT2D eigenvalue weighted by Crippen LogP contribution is -2.58. The maximum atomic E-state index is 3.63. The van der Waals surface area contributed by atoms with Gasteiger partial charge in [-0.2, -0.15) is 0 Å². The Labute approximate surface area is 105 Å². The molecule has 1 N–H and O–H groups in total. The highest BCUT2D eigenvalue weighted by Gasteiger charge is 2.28. The summed E-state index contributed by atoms with van der Waals surface area (Å²) in [5.41, 5.74) is 3.07. The molecule has 1 aromatic rings. The number of nitrogens with zero attached hydrogens (tertiary/aromatic N) is 1. The monoisotopic (exact) mass is 232 g/mol. The number of benzene rings is 1. The maximum Gasteiger partial charge on any atom is 0.0370 e. The fourth-order valence-electron chi connectivity index (χ4n) is 2.48. The molecule has 1 aliphatic heterocycles. The minimum atomic E-state index is 0.264. The Hall–Kier alpha value is -1.02. The highest BCUT2D eigenvalue weighted by molar-refractivity contribution is 5.49. The van der Waals surface area contributed by atoms with Gasteiger partial charge in [0.15, 0.2) is 0 Å². The molecule has 1 heterocycles. The first-order valence-corrected chi connectivity index (χ1v) is 6.76. The van der Waals surface area contributed by atoms with Crippen molar-refractivity contribution < 1.29 is 0 Å². The molecule has 2 rings (SSSR count). The van der Waals surface area contributed by atoms with Gasteiger partial charge in [0, 0.05) is 30.9 Å². The Balaban J connectivity index is 2.16. The number of rotatable bonds is 3. The van der Waals surface area contributed by atoms with Crippen molar-refractivity contribution in [3.63, 3.8) is 0 Å². The zero-order valence-corrected chi connectivity index (χ0v) is 11.3. The van der Waals surface area contributed by atoms with E-state index in [1.165, 1.54) is 17.7 Å². The fraction of sp³-hybridized carbons (Fsp3) is 0.600. The van der Waals surface area contributed by atoms with Gasteiger partial charge in [0.25, 0.3) is 0 Å². The zero-order valence-electron chi connectivity index (χ0n) is 11.3. The highest BCUT2D eigenvalue weighted by Crippen LogP contribution is 2.22. The largest absolute Gasteiger partial charge is 0.368 e. The van der Waals surface area contributed by atoms with Gasteiger partial charge in [0.1, 0.15) is 0 Å². The topological polar surface area (TPSA) is 15.3 Å². The molecule has 0 bridgehead atoms. The quantitative estimate of drug-likeness (QED) is 0.862. The maximum absolute atomic E-state index is 3.63. The van der Waals surface area contributed by atoms with Crippen molar-refractivity contribution in [2.45, 2.75) is 39.2 Å². The van der Waals surface area contributed by atoms with Gasteiger partial charge in [-0.1, -0.05) is 26.0 Å². The van der Waals surface area contributed by atoms with Gasteiger partial charge in [0.05, 0.1) is 0 Å². The van der Waals surface area contributed by atoms with E-state index in [2.05, 4.69) is 55.3 Å². The molecule has 1 atom stereocenters. The van der Waals surface area contributed by atoms with Crippen LogP contribution in [-0.4, -0.2) is 25.2 Å². The Morgan fingerprint density at radius 3 is 2.88 bits per heavy atom. The minimum Gasteiger partial charge on any atom is -0.368 e. The van der Waals surface area contributed by atoms with E-state index in [-0.39, 0.29) is 5.54 Å². The van der Waals surface area contributed by atoms with Gasteiger partial charge in [-0.05, 0) is 37.5 Å². The molecule has 2 nitrogen and oxygen atoms in total. The van der Waals surface area contributed by atoms with E-state index < -0.39 is 0 Å². The van der Waals surface area contributed by atoms with Crippen LogP contribution in [0.1, 0.15) is 32.8 Å². The summed E-state index contributed by atoms with van der Waals surface area (Å²) in [4.78, 5) is 2.51. The summed E-state index contributed by atoms with van der Waals surface area (Å²) in [6.07, 6.45) is 2.29. The highest BCUT2D eigenvalue weighted by atomic mass is 15.2. The van der Waals surface area contributed by atoms with Crippen LogP contribution in [0.25, 0.3) is 0 Å². The van der Waals surface area contributed by atoms with Gasteiger partial charge in [-0.3, -0.25) is 0 Å². The molecule has 0 amide bonds. The normalized spacial score (nSPS) is 25.0. The summed E-state index contributed by atoms with van der Waals surface area (Å²) < 4.78 is 0. The Bertz CT molecular complexity index is 375. The number of piperazine rings is 1. The van der Waals surface area contributed by atoms with Crippen LogP contribution in [0.15, 0.2) is 24.3 Å². The second-order valence-corrected chi connectivity index (χ2v) is 5.29. The van der Waals surface area contributed by atoms with Crippen LogP contribution < -0.4 is 10.2 Å². The zero-order chi connectivity index (χ0) is 12.3. The second-order valence-electron chi connectivity index (χ2n) is 5.29. The first-order valence-electron chi connectivity index (χ1n) is 6.76. The summed E-state index contributed by atoms with van der Waals surface area (Å²) >= 11 is 0. The SMILES string of the molecule is CCc1cccc(N2CCNC(C)(CC)C2)c1. The molecular weight excluding hydrogens is 208 g/mol. The summed E-state index contributed by atoms with van der Waals surface area (Å²) in [6, 6.07) is 8.96. The molecule has 1 unspecified atom stereocenters. The average Bonchev–Trinajstić information content (AvgIpc) is 2.39. The van der Waals surface area contributed by atoms with Crippen molar-refractivity contribution >= 4 is 5.69 Å². The summed E-state index contributed by atoms with van der Waals surface area (Å²) in [5.74, 6) is 0. The van der Waals surface area contributed by atoms with Crippen LogP contribution in [0.5, 0.6) is 0 Å². The van der Waals surface area contributed by atoms with Gasteiger partial charge >= 0.3 is 0 Å². The Kier molecular flexibility index (Phi) is 3.72. The fourth-order valence-corrected chi connectivity index (χ4v) is 2.48. The van der Waals surface area contributed by atoms with Gasteiger partial charge in [0.2, 0.25) is 0 Å². The average molecular weight is 232 g/mol. The Morgan fingerprint density at radius 2 is 2.18 bits per heavy atom. The van der Waals surface area contributed by atoms with Crippen molar-refractivity contribution in [2.24, 2.45) is 0 Å². The number of hydrogen-bond acceptors (Lipinski definition) is 2. The van der Waals surface area contributed by atoms with Crippen LogP contribution in [0.4, 0.5) is 5.69 Å². The smallest absolute Gasteiger partial charge is 0.0370 e. The second kappa shape index (κ2) is 5.09. The van der Waals surface area contributed by atoms with Gasteiger partial charge < -0.3 is 10.2 Å². The van der Waals surface area contributed by atoms with Crippen LogP contribution in [-0.2, 0) is 6.42 Å². The third-order valence-electron chi connectivity index (χ3n) is 3.94. The van der Waals surface area contributed by atoms with E-state index in [0.717, 1.165) is 26.1 Å².